The van der Waals surface area contributed by atoms with Gasteiger partial charge in [0.1, 0.15) is 11.5 Å². The Morgan fingerprint density at radius 2 is 2.13 bits per heavy atom. The van der Waals surface area contributed by atoms with Gasteiger partial charge in [-0.25, -0.2) is 18.9 Å². The number of urea groups is 1. The first-order valence-corrected chi connectivity index (χ1v) is 7.37. The largest absolute Gasteiger partial charge is 0.324 e. The third-order valence-electron chi connectivity index (χ3n) is 3.87. The molecule has 0 aliphatic carbocycles. The summed E-state index contributed by atoms with van der Waals surface area (Å²) >= 11 is 0. The van der Waals surface area contributed by atoms with Crippen LogP contribution < -0.4 is 5.32 Å². The number of pyridine rings is 1. The van der Waals surface area contributed by atoms with E-state index in [1.54, 1.807) is 29.4 Å². The van der Waals surface area contributed by atoms with E-state index in [1.807, 2.05) is 6.07 Å². The lowest BCUT2D eigenvalue weighted by molar-refractivity contribution is 0.181. The molecule has 3 heterocycles. The molecule has 0 unspecified atom stereocenters. The maximum absolute atomic E-state index is 14.2. The topological polar surface area (TPSA) is 63.1 Å². The molecule has 3 aromatic rings. The number of nitrogens with one attached hydrogen (secondary N) is 1. The van der Waals surface area contributed by atoms with Crippen LogP contribution in [0.5, 0.6) is 0 Å². The molecule has 0 radical (unpaired) electrons. The summed E-state index contributed by atoms with van der Waals surface area (Å²) in [4.78, 5) is 17.8. The number of aromatic nitrogens is 3. The molecular weight excluding hydrogens is 297 g/mol. The van der Waals surface area contributed by atoms with E-state index in [4.69, 9.17) is 0 Å². The molecule has 1 saturated heterocycles. The number of rotatable bonds is 2. The summed E-state index contributed by atoms with van der Waals surface area (Å²) in [6, 6.07) is 7.92. The average molecular weight is 311 g/mol. The molecule has 0 bridgehead atoms. The van der Waals surface area contributed by atoms with Crippen LogP contribution in [0.4, 0.5) is 14.9 Å². The van der Waals surface area contributed by atoms with Crippen LogP contribution in [0.25, 0.3) is 16.7 Å². The van der Waals surface area contributed by atoms with Gasteiger partial charge in [-0.2, -0.15) is 0 Å². The molecule has 1 aromatic carbocycles. The summed E-state index contributed by atoms with van der Waals surface area (Å²) in [5.74, 6) is -0.417. The molecule has 1 fully saturated rings. The first-order chi connectivity index (χ1) is 11.2. The van der Waals surface area contributed by atoms with Crippen LogP contribution in [0.1, 0.15) is 6.42 Å². The van der Waals surface area contributed by atoms with Crippen molar-refractivity contribution in [3.63, 3.8) is 0 Å². The van der Waals surface area contributed by atoms with Gasteiger partial charge in [0.15, 0.2) is 5.65 Å². The first-order valence-electron chi connectivity index (χ1n) is 7.37. The van der Waals surface area contributed by atoms with E-state index in [2.05, 4.69) is 15.4 Å². The Morgan fingerprint density at radius 3 is 2.87 bits per heavy atom. The fourth-order valence-corrected chi connectivity index (χ4v) is 2.47. The molecule has 4 rings (SSSR count). The molecule has 116 valence electrons. The number of hydrogen-bond donors (Lipinski definition) is 1. The molecule has 1 aliphatic heterocycles. The van der Waals surface area contributed by atoms with Gasteiger partial charge < -0.3 is 10.2 Å². The Balaban J connectivity index is 1.67. The second-order valence-electron chi connectivity index (χ2n) is 5.43. The number of likely N-dealkylation sites (tertiary alicyclic amines) is 1. The van der Waals surface area contributed by atoms with E-state index in [1.165, 1.54) is 16.8 Å². The summed E-state index contributed by atoms with van der Waals surface area (Å²) in [5.41, 5.74) is 1.34. The zero-order chi connectivity index (χ0) is 15.8. The quantitative estimate of drug-likeness (QED) is 0.791. The van der Waals surface area contributed by atoms with Gasteiger partial charge in [0.05, 0.1) is 0 Å². The van der Waals surface area contributed by atoms with Crippen molar-refractivity contribution >= 4 is 22.8 Å². The van der Waals surface area contributed by atoms with Crippen LogP contribution >= 0.6 is 0 Å². The maximum Gasteiger partial charge on any atom is 0.321 e. The van der Waals surface area contributed by atoms with Gasteiger partial charge in [-0.1, -0.05) is 0 Å². The summed E-state index contributed by atoms with van der Waals surface area (Å²) in [6.45, 7) is 1.52. The van der Waals surface area contributed by atoms with Crippen LogP contribution in [0.3, 0.4) is 0 Å². The number of benzene rings is 1. The molecule has 0 spiro atoms. The first kappa shape index (κ1) is 13.7. The lowest BCUT2D eigenvalue weighted by atomic mass is 10.2. The third-order valence-corrected chi connectivity index (χ3v) is 3.87. The number of carbonyl (C=O) groups excluding carboxylic acids is 1. The zero-order valence-electron chi connectivity index (χ0n) is 12.2. The molecule has 6 nitrogen and oxygen atoms in total. The highest BCUT2D eigenvalue weighted by Crippen LogP contribution is 2.21. The Kier molecular flexibility index (Phi) is 3.18. The predicted octanol–water partition coefficient (Wildman–Crippen LogP) is 2.80. The van der Waals surface area contributed by atoms with Crippen molar-refractivity contribution in [1.82, 2.24) is 19.7 Å². The third kappa shape index (κ3) is 2.50. The normalized spacial score (nSPS) is 13.9. The minimum atomic E-state index is -0.417. The standard InChI is InChI=1S/C16H14FN5O/c17-13-5-4-12(19-16(23)21-7-2-8-21)9-14(13)22-10-11-3-1-6-18-15(11)20-22/h1,3-6,9-10H,2,7-8H2,(H,19,23). The molecule has 2 amide bonds. The van der Waals surface area contributed by atoms with Gasteiger partial charge in [0.2, 0.25) is 0 Å². The van der Waals surface area contributed by atoms with Crippen molar-refractivity contribution < 1.29 is 9.18 Å². The molecule has 0 saturated carbocycles. The molecule has 23 heavy (non-hydrogen) atoms. The maximum atomic E-state index is 14.2. The van der Waals surface area contributed by atoms with E-state index in [0.29, 0.717) is 11.3 Å². The molecule has 0 atom stereocenters. The minimum absolute atomic E-state index is 0.166. The highest BCUT2D eigenvalue weighted by atomic mass is 19.1. The number of amides is 2. The summed E-state index contributed by atoms with van der Waals surface area (Å²) < 4.78 is 15.6. The SMILES string of the molecule is O=C(Nc1ccc(F)c(-n2cc3cccnc3n2)c1)N1CCC1. The van der Waals surface area contributed by atoms with Gasteiger partial charge in [-0.15, -0.1) is 5.10 Å². The number of halogens is 1. The van der Waals surface area contributed by atoms with Crippen LogP contribution in [-0.4, -0.2) is 38.8 Å². The Hall–Kier alpha value is -2.96. The van der Waals surface area contributed by atoms with Crippen molar-refractivity contribution in [2.75, 3.05) is 18.4 Å². The summed E-state index contributed by atoms with van der Waals surface area (Å²) in [7, 11) is 0. The second-order valence-corrected chi connectivity index (χ2v) is 5.43. The Bertz CT molecular complexity index is 854. The van der Waals surface area contributed by atoms with Gasteiger partial charge >= 0.3 is 6.03 Å². The number of anilines is 1. The van der Waals surface area contributed by atoms with E-state index in [0.717, 1.165) is 24.9 Å². The van der Waals surface area contributed by atoms with E-state index < -0.39 is 5.82 Å². The fourth-order valence-electron chi connectivity index (χ4n) is 2.47. The van der Waals surface area contributed by atoms with Crippen LogP contribution in [0.15, 0.2) is 42.7 Å². The van der Waals surface area contributed by atoms with Crippen LogP contribution in [0.2, 0.25) is 0 Å². The van der Waals surface area contributed by atoms with Crippen molar-refractivity contribution in [3.8, 4) is 5.69 Å². The second kappa shape index (κ2) is 5.35. The van der Waals surface area contributed by atoms with E-state index >= 15 is 0 Å². The monoisotopic (exact) mass is 311 g/mol. The number of fused-ring (bicyclic) bond motifs is 1. The smallest absolute Gasteiger partial charge is 0.321 e. The van der Waals surface area contributed by atoms with Gasteiger partial charge in [-0.05, 0) is 36.8 Å². The van der Waals surface area contributed by atoms with Crippen molar-refractivity contribution in [1.29, 1.82) is 0 Å². The summed E-state index contributed by atoms with van der Waals surface area (Å²) in [6.07, 6.45) is 4.37. The predicted molar refractivity (Wildman–Crippen MR) is 84.0 cm³/mol. The zero-order valence-corrected chi connectivity index (χ0v) is 12.2. The molecular formula is C16H14FN5O. The molecule has 7 heteroatoms. The molecule has 1 N–H and O–H groups in total. The minimum Gasteiger partial charge on any atom is -0.324 e. The van der Waals surface area contributed by atoms with Gasteiger partial charge in [0, 0.05) is 36.6 Å². The lowest BCUT2D eigenvalue weighted by Crippen LogP contribution is -2.44. The molecule has 2 aromatic heterocycles. The number of hydrogen-bond acceptors (Lipinski definition) is 3. The number of carbonyl (C=O) groups is 1. The van der Waals surface area contributed by atoms with Crippen molar-refractivity contribution in [3.05, 3.63) is 48.5 Å². The van der Waals surface area contributed by atoms with Crippen LogP contribution in [-0.2, 0) is 0 Å². The van der Waals surface area contributed by atoms with Crippen LogP contribution in [0, 0.1) is 5.82 Å². The van der Waals surface area contributed by atoms with E-state index in [9.17, 15) is 9.18 Å². The summed E-state index contributed by atoms with van der Waals surface area (Å²) in [5, 5.41) is 7.87. The van der Waals surface area contributed by atoms with Crippen molar-refractivity contribution in [2.45, 2.75) is 6.42 Å². The highest BCUT2D eigenvalue weighted by Gasteiger charge is 2.20. The van der Waals surface area contributed by atoms with Gasteiger partial charge in [-0.3, -0.25) is 0 Å². The lowest BCUT2D eigenvalue weighted by Gasteiger charge is -2.30. The average Bonchev–Trinajstić information content (AvgIpc) is 2.91. The number of nitrogens with zero attached hydrogens (tertiary/aromatic N) is 4. The Labute approximate surface area is 131 Å². The fraction of sp³-hybridized carbons (Fsp3) is 0.188. The van der Waals surface area contributed by atoms with Crippen molar-refractivity contribution in [2.24, 2.45) is 0 Å². The highest BCUT2D eigenvalue weighted by molar-refractivity contribution is 5.90. The molecule has 1 aliphatic rings. The van der Waals surface area contributed by atoms with Gasteiger partial charge in [0.25, 0.3) is 0 Å². The van der Waals surface area contributed by atoms with E-state index in [-0.39, 0.29) is 11.7 Å². The Morgan fingerprint density at radius 1 is 1.26 bits per heavy atom.